The summed E-state index contributed by atoms with van der Waals surface area (Å²) in [7, 11) is 2.00. The van der Waals surface area contributed by atoms with Gasteiger partial charge in [-0.25, -0.2) is 9.97 Å². The zero-order valence-electron chi connectivity index (χ0n) is 15.8. The number of hydrogen-bond acceptors (Lipinski definition) is 6. The maximum Gasteiger partial charge on any atom is 0.291 e. The Morgan fingerprint density at radius 1 is 1.26 bits per heavy atom. The van der Waals surface area contributed by atoms with Gasteiger partial charge in [0.2, 0.25) is 5.76 Å². The molecule has 9 heteroatoms. The van der Waals surface area contributed by atoms with Crippen LogP contribution in [0.4, 0.5) is 0 Å². The van der Waals surface area contributed by atoms with E-state index >= 15 is 0 Å². The van der Waals surface area contributed by atoms with Crippen molar-refractivity contribution in [2.75, 3.05) is 13.1 Å². The first kappa shape index (κ1) is 17.4. The van der Waals surface area contributed by atoms with Crippen LogP contribution in [0.15, 0.2) is 23.1 Å². The summed E-state index contributed by atoms with van der Waals surface area (Å²) in [5, 5.41) is 8.76. The molecule has 9 nitrogen and oxygen atoms in total. The summed E-state index contributed by atoms with van der Waals surface area (Å²) < 4.78 is 9.51. The van der Waals surface area contributed by atoms with E-state index in [1.807, 2.05) is 22.7 Å². The molecular weight excluding hydrogens is 346 g/mol. The Balaban J connectivity index is 1.41. The molecule has 4 heterocycles. The van der Waals surface area contributed by atoms with Gasteiger partial charge in [0.15, 0.2) is 11.7 Å². The Bertz CT molecular complexity index is 933. The van der Waals surface area contributed by atoms with Crippen LogP contribution in [-0.4, -0.2) is 53.2 Å². The predicted octanol–water partition coefficient (Wildman–Crippen LogP) is 1.68. The van der Waals surface area contributed by atoms with E-state index in [1.54, 1.807) is 26.4 Å². The van der Waals surface area contributed by atoms with Crippen LogP contribution in [0.3, 0.4) is 0 Å². The van der Waals surface area contributed by atoms with Crippen molar-refractivity contribution in [2.45, 2.75) is 39.2 Å². The van der Waals surface area contributed by atoms with Crippen LogP contribution in [-0.2, 0) is 13.6 Å². The molecule has 0 unspecified atom stereocenters. The van der Waals surface area contributed by atoms with Gasteiger partial charge in [-0.15, -0.1) is 10.2 Å². The van der Waals surface area contributed by atoms with Gasteiger partial charge in [0, 0.05) is 45.4 Å². The highest BCUT2D eigenvalue weighted by molar-refractivity contribution is 5.92. The van der Waals surface area contributed by atoms with Gasteiger partial charge in [0.05, 0.1) is 18.6 Å². The first-order valence-corrected chi connectivity index (χ1v) is 9.10. The van der Waals surface area contributed by atoms with Crippen LogP contribution >= 0.6 is 0 Å². The predicted molar refractivity (Wildman–Crippen MR) is 96.2 cm³/mol. The maximum atomic E-state index is 12.7. The van der Waals surface area contributed by atoms with Gasteiger partial charge in [0.1, 0.15) is 5.82 Å². The first-order chi connectivity index (χ1) is 13.0. The number of aromatic nitrogens is 6. The van der Waals surface area contributed by atoms with E-state index in [1.165, 1.54) is 0 Å². The molecule has 0 atom stereocenters. The summed E-state index contributed by atoms with van der Waals surface area (Å²) in [5.74, 6) is 2.96. The van der Waals surface area contributed by atoms with Crippen molar-refractivity contribution in [2.24, 2.45) is 7.05 Å². The molecule has 1 aliphatic heterocycles. The largest absolute Gasteiger partial charge is 0.436 e. The molecule has 1 amide bonds. The van der Waals surface area contributed by atoms with Crippen LogP contribution < -0.4 is 0 Å². The van der Waals surface area contributed by atoms with Crippen molar-refractivity contribution >= 4 is 5.91 Å². The molecule has 0 aromatic carbocycles. The molecule has 142 valence electrons. The number of likely N-dealkylation sites (tertiary alicyclic amines) is 1. The minimum atomic E-state index is -0.0784. The quantitative estimate of drug-likeness (QED) is 0.694. The highest BCUT2D eigenvalue weighted by Crippen LogP contribution is 2.28. The lowest BCUT2D eigenvalue weighted by atomic mass is 9.95. The number of nitrogens with zero attached hydrogens (tertiary/aromatic N) is 7. The lowest BCUT2D eigenvalue weighted by Gasteiger charge is -2.31. The number of imidazole rings is 1. The number of piperidine rings is 1. The van der Waals surface area contributed by atoms with Gasteiger partial charge in [-0.1, -0.05) is 0 Å². The lowest BCUT2D eigenvalue weighted by Crippen LogP contribution is -2.38. The zero-order chi connectivity index (χ0) is 19.0. The van der Waals surface area contributed by atoms with Crippen molar-refractivity contribution in [3.05, 3.63) is 47.7 Å². The van der Waals surface area contributed by atoms with Gasteiger partial charge in [0.25, 0.3) is 5.91 Å². The van der Waals surface area contributed by atoms with Gasteiger partial charge in [-0.3, -0.25) is 4.79 Å². The molecule has 0 spiro atoms. The maximum absolute atomic E-state index is 12.7. The van der Waals surface area contributed by atoms with E-state index in [4.69, 9.17) is 4.42 Å². The van der Waals surface area contributed by atoms with E-state index in [-0.39, 0.29) is 5.91 Å². The molecule has 27 heavy (non-hydrogen) atoms. The van der Waals surface area contributed by atoms with Crippen LogP contribution in [0, 0.1) is 13.8 Å². The van der Waals surface area contributed by atoms with Gasteiger partial charge >= 0.3 is 0 Å². The number of carbonyl (C=O) groups excluding carboxylic acids is 1. The second-order valence-corrected chi connectivity index (χ2v) is 6.98. The molecule has 0 N–H and O–H groups in total. The smallest absolute Gasteiger partial charge is 0.291 e. The summed E-state index contributed by atoms with van der Waals surface area (Å²) in [6.45, 7) is 5.55. The molecule has 0 aliphatic carbocycles. The summed E-state index contributed by atoms with van der Waals surface area (Å²) >= 11 is 0. The molecule has 4 rings (SSSR count). The summed E-state index contributed by atoms with van der Waals surface area (Å²) in [6, 6.07) is 0. The van der Waals surface area contributed by atoms with Crippen molar-refractivity contribution in [3.63, 3.8) is 0 Å². The third-order valence-electron chi connectivity index (χ3n) is 5.13. The summed E-state index contributed by atoms with van der Waals surface area (Å²) in [4.78, 5) is 22.8. The van der Waals surface area contributed by atoms with Crippen LogP contribution in [0.1, 0.15) is 52.5 Å². The van der Waals surface area contributed by atoms with E-state index in [0.717, 1.165) is 24.5 Å². The van der Waals surface area contributed by atoms with Crippen molar-refractivity contribution in [1.29, 1.82) is 0 Å². The third-order valence-corrected chi connectivity index (χ3v) is 5.13. The van der Waals surface area contributed by atoms with Crippen molar-refractivity contribution < 1.29 is 9.21 Å². The van der Waals surface area contributed by atoms with Crippen LogP contribution in [0.25, 0.3) is 0 Å². The van der Waals surface area contributed by atoms with E-state index in [9.17, 15) is 4.79 Å². The number of oxazole rings is 1. The SMILES string of the molecule is Cc1nc(C)c(C(=O)N2CCC(c3nnc(Cn4ccnc4)n3C)CC2)o1. The second-order valence-electron chi connectivity index (χ2n) is 6.98. The lowest BCUT2D eigenvalue weighted by molar-refractivity contribution is 0.0676. The third kappa shape index (κ3) is 3.36. The Hall–Kier alpha value is -2.97. The standard InChI is InChI=1S/C18H23N7O2/c1-12-16(27-13(2)20-12)18(26)25-7-4-14(5-8-25)17-22-21-15(23(17)3)10-24-9-6-19-11-24/h6,9,11,14H,4-5,7-8,10H2,1-3H3. The molecule has 1 fully saturated rings. The number of amides is 1. The fourth-order valence-corrected chi connectivity index (χ4v) is 3.63. The van der Waals surface area contributed by atoms with Gasteiger partial charge in [-0.2, -0.15) is 0 Å². The number of hydrogen-bond donors (Lipinski definition) is 0. The number of rotatable bonds is 4. The average molecular weight is 369 g/mol. The molecular formula is C18H23N7O2. The fraction of sp³-hybridized carbons (Fsp3) is 0.500. The normalized spacial score (nSPS) is 15.4. The van der Waals surface area contributed by atoms with Crippen LogP contribution in [0.2, 0.25) is 0 Å². The molecule has 3 aromatic rings. The van der Waals surface area contributed by atoms with Crippen molar-refractivity contribution in [1.82, 2.24) is 34.2 Å². The number of aryl methyl sites for hydroxylation is 2. The Kier molecular flexibility index (Phi) is 4.51. The molecule has 3 aromatic heterocycles. The highest BCUT2D eigenvalue weighted by atomic mass is 16.4. The molecule has 0 radical (unpaired) electrons. The van der Waals surface area contributed by atoms with Crippen LogP contribution in [0.5, 0.6) is 0 Å². The Morgan fingerprint density at radius 3 is 2.67 bits per heavy atom. The van der Waals surface area contributed by atoms with E-state index in [2.05, 4.69) is 24.7 Å². The van der Waals surface area contributed by atoms with Gasteiger partial charge in [-0.05, 0) is 19.8 Å². The highest BCUT2D eigenvalue weighted by Gasteiger charge is 2.30. The first-order valence-electron chi connectivity index (χ1n) is 9.10. The summed E-state index contributed by atoms with van der Waals surface area (Å²) in [5.41, 5.74) is 0.650. The van der Waals surface area contributed by atoms with E-state index < -0.39 is 0 Å². The zero-order valence-corrected chi connectivity index (χ0v) is 15.8. The molecule has 1 saturated heterocycles. The Morgan fingerprint density at radius 2 is 2.04 bits per heavy atom. The average Bonchev–Trinajstić information content (AvgIpc) is 3.37. The van der Waals surface area contributed by atoms with Crippen molar-refractivity contribution in [3.8, 4) is 0 Å². The fourth-order valence-electron chi connectivity index (χ4n) is 3.63. The summed E-state index contributed by atoms with van der Waals surface area (Å²) in [6.07, 6.45) is 7.14. The minimum absolute atomic E-state index is 0.0784. The number of carbonyl (C=O) groups is 1. The molecule has 0 saturated carbocycles. The monoisotopic (exact) mass is 369 g/mol. The second kappa shape index (κ2) is 6.98. The Labute approximate surface area is 157 Å². The molecule has 0 bridgehead atoms. The van der Waals surface area contributed by atoms with Gasteiger partial charge < -0.3 is 18.5 Å². The molecule has 1 aliphatic rings. The van der Waals surface area contributed by atoms with E-state index in [0.29, 0.717) is 42.9 Å². The minimum Gasteiger partial charge on any atom is -0.436 e. The topological polar surface area (TPSA) is 94.9 Å².